The fourth-order valence-corrected chi connectivity index (χ4v) is 3.20. The largest absolute Gasteiger partial charge is 0.374 e. The summed E-state index contributed by atoms with van der Waals surface area (Å²) in [5, 5.41) is 0. The van der Waals surface area contributed by atoms with E-state index in [-0.39, 0.29) is 17.5 Å². The Labute approximate surface area is 113 Å². The van der Waals surface area contributed by atoms with Crippen molar-refractivity contribution in [2.24, 2.45) is 5.92 Å². The van der Waals surface area contributed by atoms with Crippen molar-refractivity contribution in [1.29, 1.82) is 0 Å². The number of hydrogen-bond acceptors (Lipinski definition) is 3. The molecule has 1 aromatic rings. The second-order valence-corrected chi connectivity index (χ2v) is 5.71. The lowest BCUT2D eigenvalue weighted by atomic mass is 9.83. The van der Waals surface area contributed by atoms with Gasteiger partial charge in [0.25, 0.3) is 0 Å². The van der Waals surface area contributed by atoms with Crippen LogP contribution in [0.3, 0.4) is 0 Å². The monoisotopic (exact) mass is 257 g/mol. The molecule has 1 aromatic carbocycles. The highest BCUT2D eigenvalue weighted by Gasteiger charge is 2.27. The molecule has 0 aromatic heterocycles. The number of nitrogens with zero attached hydrogens (tertiary/aromatic N) is 1. The molecule has 1 aliphatic heterocycles. The van der Waals surface area contributed by atoms with Crippen LogP contribution in [-0.4, -0.2) is 25.2 Å². The summed E-state index contributed by atoms with van der Waals surface area (Å²) in [5.41, 5.74) is 3.28. The molecule has 1 heterocycles. The molecule has 1 aliphatic carbocycles. The van der Waals surface area contributed by atoms with Crippen molar-refractivity contribution < 1.29 is 9.59 Å². The zero-order chi connectivity index (χ0) is 13.4. The summed E-state index contributed by atoms with van der Waals surface area (Å²) >= 11 is 0. The predicted molar refractivity (Wildman–Crippen MR) is 74.7 cm³/mol. The molecule has 0 N–H and O–H groups in total. The molecule has 3 heteroatoms. The van der Waals surface area contributed by atoms with E-state index in [1.165, 1.54) is 11.3 Å². The molecule has 0 bridgehead atoms. The van der Waals surface area contributed by atoms with Crippen LogP contribution in [-0.2, 0) is 11.2 Å². The molecule has 0 saturated heterocycles. The zero-order valence-corrected chi connectivity index (χ0v) is 11.3. The normalized spacial score (nSPS) is 22.5. The van der Waals surface area contributed by atoms with Crippen LogP contribution in [0.15, 0.2) is 18.2 Å². The fourth-order valence-electron chi connectivity index (χ4n) is 3.20. The average molecular weight is 257 g/mol. The minimum absolute atomic E-state index is 0.0848. The quantitative estimate of drug-likeness (QED) is 0.764. The third kappa shape index (κ3) is 2.29. The van der Waals surface area contributed by atoms with Gasteiger partial charge < -0.3 is 4.90 Å². The molecule has 1 saturated carbocycles. The van der Waals surface area contributed by atoms with Gasteiger partial charge in [0.15, 0.2) is 5.78 Å². The number of rotatable bonds is 2. The highest BCUT2D eigenvalue weighted by molar-refractivity contribution is 6.01. The number of carbonyl (C=O) groups excluding carboxylic acids is 2. The van der Waals surface area contributed by atoms with E-state index in [1.54, 1.807) is 0 Å². The Morgan fingerprint density at radius 3 is 2.95 bits per heavy atom. The first-order valence-corrected chi connectivity index (χ1v) is 7.05. The van der Waals surface area contributed by atoms with E-state index in [0.29, 0.717) is 12.8 Å². The maximum atomic E-state index is 12.5. The second-order valence-electron chi connectivity index (χ2n) is 5.71. The lowest BCUT2D eigenvalue weighted by Gasteiger charge is -2.20. The number of hydrogen-bond donors (Lipinski definition) is 0. The van der Waals surface area contributed by atoms with Crippen molar-refractivity contribution >= 4 is 17.3 Å². The SMILES string of the molecule is CN1CCc2cc(C(=O)C3CCCC(=O)C3)ccc21. The van der Waals surface area contributed by atoms with Gasteiger partial charge >= 0.3 is 0 Å². The van der Waals surface area contributed by atoms with Crippen molar-refractivity contribution in [2.75, 3.05) is 18.5 Å². The number of Topliss-reactive ketones (excluding diaryl/α,β-unsaturated/α-hetero) is 2. The Balaban J connectivity index is 1.82. The maximum absolute atomic E-state index is 12.5. The standard InChI is InChI=1S/C16H19NO2/c1-17-8-7-11-9-13(5-6-15(11)17)16(19)12-3-2-4-14(18)10-12/h5-6,9,12H,2-4,7-8,10H2,1H3. The van der Waals surface area contributed by atoms with Crippen LogP contribution in [0.1, 0.15) is 41.6 Å². The minimum Gasteiger partial charge on any atom is -0.374 e. The number of likely N-dealkylation sites (N-methyl/N-ethyl adjacent to an activating group) is 1. The molecule has 100 valence electrons. The first-order chi connectivity index (χ1) is 9.15. The van der Waals surface area contributed by atoms with Crippen LogP contribution in [0, 0.1) is 5.92 Å². The Kier molecular flexibility index (Phi) is 3.13. The number of anilines is 1. The van der Waals surface area contributed by atoms with Gasteiger partial charge in [-0.15, -0.1) is 0 Å². The summed E-state index contributed by atoms with van der Waals surface area (Å²) in [6.07, 6.45) is 3.83. The number of fused-ring (bicyclic) bond motifs is 1. The molecule has 3 rings (SSSR count). The number of carbonyl (C=O) groups is 2. The summed E-state index contributed by atoms with van der Waals surface area (Å²) < 4.78 is 0. The fraction of sp³-hybridized carbons (Fsp3) is 0.500. The molecular weight excluding hydrogens is 238 g/mol. The first-order valence-electron chi connectivity index (χ1n) is 7.05. The molecule has 0 spiro atoms. The Morgan fingerprint density at radius 2 is 2.16 bits per heavy atom. The summed E-state index contributed by atoms with van der Waals surface area (Å²) in [4.78, 5) is 26.2. The third-order valence-corrected chi connectivity index (χ3v) is 4.34. The van der Waals surface area contributed by atoms with Gasteiger partial charge in [-0.1, -0.05) is 0 Å². The van der Waals surface area contributed by atoms with Gasteiger partial charge in [-0.25, -0.2) is 0 Å². The zero-order valence-electron chi connectivity index (χ0n) is 11.3. The summed E-state index contributed by atoms with van der Waals surface area (Å²) in [7, 11) is 2.08. The van der Waals surface area contributed by atoms with Crippen LogP contribution in [0.2, 0.25) is 0 Å². The maximum Gasteiger partial charge on any atom is 0.166 e. The van der Waals surface area contributed by atoms with Gasteiger partial charge in [0.05, 0.1) is 0 Å². The summed E-state index contributed by atoms with van der Waals surface area (Å²) in [5.74, 6) is 0.314. The molecule has 0 radical (unpaired) electrons. The molecule has 1 unspecified atom stereocenters. The third-order valence-electron chi connectivity index (χ3n) is 4.34. The summed E-state index contributed by atoms with van der Waals surface area (Å²) in [6.45, 7) is 1.02. The Morgan fingerprint density at radius 1 is 1.32 bits per heavy atom. The smallest absolute Gasteiger partial charge is 0.166 e. The number of benzene rings is 1. The predicted octanol–water partition coefficient (Wildman–Crippen LogP) is 2.62. The van der Waals surface area contributed by atoms with Gasteiger partial charge in [-0.05, 0) is 43.0 Å². The highest BCUT2D eigenvalue weighted by Crippen LogP contribution is 2.30. The van der Waals surface area contributed by atoms with E-state index >= 15 is 0 Å². The highest BCUT2D eigenvalue weighted by atomic mass is 16.1. The van der Waals surface area contributed by atoms with Crippen molar-refractivity contribution in [3.8, 4) is 0 Å². The van der Waals surface area contributed by atoms with E-state index in [9.17, 15) is 9.59 Å². The van der Waals surface area contributed by atoms with Gasteiger partial charge in [-0.3, -0.25) is 9.59 Å². The molecule has 1 atom stereocenters. The number of ketones is 2. The average Bonchev–Trinajstić information content (AvgIpc) is 2.79. The Hall–Kier alpha value is -1.64. The van der Waals surface area contributed by atoms with Gasteiger partial charge in [0.2, 0.25) is 0 Å². The van der Waals surface area contributed by atoms with Crippen molar-refractivity contribution in [1.82, 2.24) is 0 Å². The minimum atomic E-state index is -0.0848. The van der Waals surface area contributed by atoms with Crippen LogP contribution in [0.4, 0.5) is 5.69 Å². The molecule has 0 amide bonds. The van der Waals surface area contributed by atoms with Gasteiger partial charge in [0.1, 0.15) is 5.78 Å². The van der Waals surface area contributed by atoms with Gasteiger partial charge in [-0.2, -0.15) is 0 Å². The van der Waals surface area contributed by atoms with Crippen LogP contribution in [0.5, 0.6) is 0 Å². The van der Waals surface area contributed by atoms with E-state index in [1.807, 2.05) is 18.2 Å². The second kappa shape index (κ2) is 4.80. The molecule has 3 nitrogen and oxygen atoms in total. The lowest BCUT2D eigenvalue weighted by Crippen LogP contribution is -2.23. The van der Waals surface area contributed by atoms with Crippen molar-refractivity contribution in [3.05, 3.63) is 29.3 Å². The molecule has 1 fully saturated rings. The topological polar surface area (TPSA) is 37.4 Å². The Bertz CT molecular complexity index is 536. The molecule has 2 aliphatic rings. The van der Waals surface area contributed by atoms with Crippen LogP contribution >= 0.6 is 0 Å². The first kappa shape index (κ1) is 12.4. The van der Waals surface area contributed by atoms with E-state index in [4.69, 9.17) is 0 Å². The summed E-state index contributed by atoms with van der Waals surface area (Å²) in [6, 6.07) is 5.99. The van der Waals surface area contributed by atoms with Gasteiger partial charge in [0, 0.05) is 43.6 Å². The van der Waals surface area contributed by atoms with Crippen LogP contribution < -0.4 is 4.90 Å². The van der Waals surface area contributed by atoms with Crippen LogP contribution in [0.25, 0.3) is 0 Å². The molecular formula is C16H19NO2. The lowest BCUT2D eigenvalue weighted by molar-refractivity contribution is -0.121. The van der Waals surface area contributed by atoms with Crippen molar-refractivity contribution in [3.63, 3.8) is 0 Å². The van der Waals surface area contributed by atoms with Crippen molar-refractivity contribution in [2.45, 2.75) is 32.1 Å². The molecule has 19 heavy (non-hydrogen) atoms. The van der Waals surface area contributed by atoms with E-state index in [0.717, 1.165) is 31.4 Å². The van der Waals surface area contributed by atoms with E-state index in [2.05, 4.69) is 11.9 Å². The van der Waals surface area contributed by atoms with E-state index < -0.39 is 0 Å².